The number of benzene rings is 2. The molecule has 0 bridgehead atoms. The molecule has 3 rings (SSSR count). The Labute approximate surface area is 127 Å². The minimum atomic E-state index is -0.136. The first kappa shape index (κ1) is 13.6. The molecule has 1 aliphatic heterocycles. The van der Waals surface area contributed by atoms with Crippen molar-refractivity contribution in [2.75, 3.05) is 4.90 Å². The van der Waals surface area contributed by atoms with Gasteiger partial charge in [0.1, 0.15) is 0 Å². The van der Waals surface area contributed by atoms with Crippen LogP contribution >= 0.6 is 11.8 Å². The Morgan fingerprint density at radius 2 is 1.71 bits per heavy atom. The van der Waals surface area contributed by atoms with Gasteiger partial charge in [0.2, 0.25) is 0 Å². The summed E-state index contributed by atoms with van der Waals surface area (Å²) in [7, 11) is 0. The summed E-state index contributed by atoms with van der Waals surface area (Å²) in [6, 6.07) is 17.3. The van der Waals surface area contributed by atoms with E-state index in [0.29, 0.717) is 4.91 Å². The Morgan fingerprint density at radius 3 is 2.43 bits per heavy atom. The monoisotopic (exact) mass is 294 g/mol. The molecule has 0 aliphatic carbocycles. The van der Waals surface area contributed by atoms with Crippen LogP contribution in [-0.4, -0.2) is 11.1 Å². The predicted molar refractivity (Wildman–Crippen MR) is 88.4 cm³/mol. The molecule has 1 amide bonds. The fraction of sp³-hybridized carbons (Fsp3) is 0.0588. The highest BCUT2D eigenvalue weighted by Gasteiger charge is 2.34. The second-order valence-electron chi connectivity index (χ2n) is 4.75. The SMILES string of the molecule is Cc1ccccc1N1C(=N)S/C(=C\c2ccccc2)C1=O. The summed E-state index contributed by atoms with van der Waals surface area (Å²) in [5.74, 6) is -0.136. The van der Waals surface area contributed by atoms with Crippen molar-refractivity contribution < 1.29 is 4.79 Å². The zero-order chi connectivity index (χ0) is 14.8. The molecule has 21 heavy (non-hydrogen) atoms. The Hall–Kier alpha value is -2.33. The van der Waals surface area contributed by atoms with Gasteiger partial charge in [-0.15, -0.1) is 0 Å². The van der Waals surface area contributed by atoms with Gasteiger partial charge >= 0.3 is 0 Å². The lowest BCUT2D eigenvalue weighted by atomic mass is 10.1. The molecule has 2 aromatic rings. The van der Waals surface area contributed by atoms with Gasteiger partial charge in [-0.3, -0.25) is 15.1 Å². The molecule has 1 fully saturated rings. The van der Waals surface area contributed by atoms with Crippen LogP contribution in [0.2, 0.25) is 0 Å². The summed E-state index contributed by atoms with van der Waals surface area (Å²) in [6.07, 6.45) is 1.83. The maximum Gasteiger partial charge on any atom is 0.271 e. The van der Waals surface area contributed by atoms with E-state index in [9.17, 15) is 4.79 Å². The minimum Gasteiger partial charge on any atom is -0.278 e. The van der Waals surface area contributed by atoms with Gasteiger partial charge in [-0.05, 0) is 42.0 Å². The summed E-state index contributed by atoms with van der Waals surface area (Å²) in [5, 5.41) is 8.34. The number of anilines is 1. The van der Waals surface area contributed by atoms with Crippen LogP contribution in [0.25, 0.3) is 6.08 Å². The molecule has 0 spiro atoms. The number of carbonyl (C=O) groups excluding carboxylic acids is 1. The van der Waals surface area contributed by atoms with E-state index in [0.717, 1.165) is 16.8 Å². The first-order chi connectivity index (χ1) is 10.2. The average Bonchev–Trinajstić information content (AvgIpc) is 2.76. The van der Waals surface area contributed by atoms with E-state index in [2.05, 4.69) is 0 Å². The fourth-order valence-electron chi connectivity index (χ4n) is 2.22. The van der Waals surface area contributed by atoms with E-state index in [4.69, 9.17) is 5.41 Å². The Balaban J connectivity index is 1.97. The van der Waals surface area contributed by atoms with Crippen LogP contribution in [0.3, 0.4) is 0 Å². The van der Waals surface area contributed by atoms with Gasteiger partial charge in [0.05, 0.1) is 10.6 Å². The summed E-state index contributed by atoms with van der Waals surface area (Å²) in [4.78, 5) is 14.6. The number of amides is 1. The number of nitrogens with zero attached hydrogens (tertiary/aromatic N) is 1. The molecule has 2 aromatic carbocycles. The van der Waals surface area contributed by atoms with Crippen molar-refractivity contribution >= 4 is 34.6 Å². The van der Waals surface area contributed by atoms with Crippen molar-refractivity contribution in [2.24, 2.45) is 0 Å². The normalized spacial score (nSPS) is 16.8. The second-order valence-corrected chi connectivity index (χ2v) is 5.78. The number of hydrogen-bond donors (Lipinski definition) is 1. The van der Waals surface area contributed by atoms with Crippen LogP contribution < -0.4 is 4.90 Å². The maximum absolute atomic E-state index is 12.6. The third-order valence-electron chi connectivity index (χ3n) is 3.28. The number of carbonyl (C=O) groups is 1. The van der Waals surface area contributed by atoms with Gasteiger partial charge in [0.25, 0.3) is 5.91 Å². The van der Waals surface area contributed by atoms with Crippen molar-refractivity contribution in [3.63, 3.8) is 0 Å². The molecule has 0 aromatic heterocycles. The molecule has 3 nitrogen and oxygen atoms in total. The lowest BCUT2D eigenvalue weighted by molar-refractivity contribution is -0.113. The topological polar surface area (TPSA) is 44.2 Å². The average molecular weight is 294 g/mol. The van der Waals surface area contributed by atoms with Crippen LogP contribution in [0.1, 0.15) is 11.1 Å². The van der Waals surface area contributed by atoms with E-state index in [1.807, 2.05) is 67.6 Å². The largest absolute Gasteiger partial charge is 0.278 e. The van der Waals surface area contributed by atoms with Gasteiger partial charge in [-0.25, -0.2) is 0 Å². The number of rotatable bonds is 2. The number of thioether (sulfide) groups is 1. The number of para-hydroxylation sites is 1. The molecular weight excluding hydrogens is 280 g/mol. The molecule has 1 N–H and O–H groups in total. The van der Waals surface area contributed by atoms with Gasteiger partial charge in [-0.1, -0.05) is 48.5 Å². The summed E-state index contributed by atoms with van der Waals surface area (Å²) in [5.41, 5.74) is 2.72. The van der Waals surface area contributed by atoms with Crippen LogP contribution in [0.4, 0.5) is 5.69 Å². The molecule has 1 saturated heterocycles. The van der Waals surface area contributed by atoms with E-state index in [-0.39, 0.29) is 11.1 Å². The zero-order valence-electron chi connectivity index (χ0n) is 11.5. The van der Waals surface area contributed by atoms with E-state index >= 15 is 0 Å². The number of nitrogens with one attached hydrogen (secondary N) is 1. The maximum atomic E-state index is 12.6. The van der Waals surface area contributed by atoms with E-state index < -0.39 is 0 Å². The first-order valence-electron chi connectivity index (χ1n) is 6.60. The molecule has 0 unspecified atom stereocenters. The summed E-state index contributed by atoms with van der Waals surface area (Å²) < 4.78 is 0. The lowest BCUT2D eigenvalue weighted by Crippen LogP contribution is -2.28. The molecule has 104 valence electrons. The molecule has 1 aliphatic rings. The third kappa shape index (κ3) is 2.62. The van der Waals surface area contributed by atoms with E-state index in [1.54, 1.807) is 0 Å². The standard InChI is InChI=1S/C17H14N2OS/c1-12-7-5-6-10-14(12)19-16(20)15(21-17(19)18)11-13-8-3-2-4-9-13/h2-11,18H,1H3/b15-11-,18-17?. The van der Waals surface area contributed by atoms with Crippen LogP contribution in [-0.2, 0) is 4.79 Å². The lowest BCUT2D eigenvalue weighted by Gasteiger charge is -2.16. The molecule has 1 heterocycles. The van der Waals surface area contributed by atoms with Crippen LogP contribution in [0.15, 0.2) is 59.5 Å². The van der Waals surface area contributed by atoms with Gasteiger partial charge < -0.3 is 0 Å². The quantitative estimate of drug-likeness (QED) is 0.849. The first-order valence-corrected chi connectivity index (χ1v) is 7.42. The van der Waals surface area contributed by atoms with Crippen molar-refractivity contribution in [1.29, 1.82) is 5.41 Å². The molecule has 4 heteroatoms. The second kappa shape index (κ2) is 5.58. The van der Waals surface area contributed by atoms with E-state index in [1.165, 1.54) is 16.7 Å². The van der Waals surface area contributed by atoms with Crippen molar-refractivity contribution in [1.82, 2.24) is 0 Å². The zero-order valence-corrected chi connectivity index (χ0v) is 12.4. The molecule has 0 atom stereocenters. The Bertz CT molecular complexity index is 737. The molecule has 0 radical (unpaired) electrons. The number of hydrogen-bond acceptors (Lipinski definition) is 3. The van der Waals surface area contributed by atoms with Crippen molar-refractivity contribution in [3.05, 3.63) is 70.6 Å². The number of amidine groups is 1. The van der Waals surface area contributed by atoms with Crippen molar-refractivity contribution in [3.8, 4) is 0 Å². The smallest absolute Gasteiger partial charge is 0.271 e. The molecular formula is C17H14N2OS. The highest BCUT2D eigenvalue weighted by molar-refractivity contribution is 8.19. The Kier molecular flexibility index (Phi) is 3.62. The van der Waals surface area contributed by atoms with Crippen molar-refractivity contribution in [2.45, 2.75) is 6.92 Å². The predicted octanol–water partition coefficient (Wildman–Crippen LogP) is 4.05. The highest BCUT2D eigenvalue weighted by atomic mass is 32.2. The summed E-state index contributed by atoms with van der Waals surface area (Å²) >= 11 is 1.20. The van der Waals surface area contributed by atoms with Gasteiger partial charge in [0, 0.05) is 0 Å². The molecule has 0 saturated carbocycles. The van der Waals surface area contributed by atoms with Gasteiger partial charge in [-0.2, -0.15) is 0 Å². The van der Waals surface area contributed by atoms with Crippen LogP contribution in [0.5, 0.6) is 0 Å². The Morgan fingerprint density at radius 1 is 1.05 bits per heavy atom. The highest BCUT2D eigenvalue weighted by Crippen LogP contribution is 2.36. The number of aryl methyl sites for hydroxylation is 1. The van der Waals surface area contributed by atoms with Crippen LogP contribution in [0, 0.1) is 12.3 Å². The summed E-state index contributed by atoms with van der Waals surface area (Å²) in [6.45, 7) is 1.94. The third-order valence-corrected chi connectivity index (χ3v) is 4.17. The fourth-order valence-corrected chi connectivity index (χ4v) is 3.08. The van der Waals surface area contributed by atoms with Gasteiger partial charge in [0.15, 0.2) is 5.17 Å². The minimum absolute atomic E-state index is 0.136.